The topological polar surface area (TPSA) is 54.4 Å². The van der Waals surface area contributed by atoms with E-state index in [0.29, 0.717) is 5.92 Å². The van der Waals surface area contributed by atoms with Crippen molar-refractivity contribution in [2.75, 3.05) is 0 Å². The molecule has 1 N–H and O–H groups in total. The summed E-state index contributed by atoms with van der Waals surface area (Å²) in [5.74, 6) is -0.631. The highest BCUT2D eigenvalue weighted by molar-refractivity contribution is 5.95. The van der Waals surface area contributed by atoms with Crippen LogP contribution in [0.1, 0.15) is 46.5 Å². The van der Waals surface area contributed by atoms with E-state index >= 15 is 0 Å². The molecule has 3 heteroatoms. The Morgan fingerprint density at radius 1 is 1.21 bits per heavy atom. The molecule has 0 spiro atoms. The van der Waals surface area contributed by atoms with E-state index in [1.54, 1.807) is 0 Å². The van der Waals surface area contributed by atoms with Crippen LogP contribution >= 0.6 is 0 Å². The van der Waals surface area contributed by atoms with Crippen molar-refractivity contribution in [1.82, 2.24) is 0 Å². The number of carboxylic acids is 1. The summed E-state index contributed by atoms with van der Waals surface area (Å²) in [6.07, 6.45) is 2.24. The van der Waals surface area contributed by atoms with Gasteiger partial charge in [-0.05, 0) is 18.8 Å². The van der Waals surface area contributed by atoms with Crippen molar-refractivity contribution in [3.05, 3.63) is 0 Å². The van der Waals surface area contributed by atoms with Crippen LogP contribution in [0.5, 0.6) is 0 Å². The maximum atomic E-state index is 11.4. The second-order valence-electron chi connectivity index (χ2n) is 4.11. The van der Waals surface area contributed by atoms with Gasteiger partial charge >= 0.3 is 5.97 Å². The van der Waals surface area contributed by atoms with Crippen molar-refractivity contribution in [3.63, 3.8) is 0 Å². The first-order valence-electron chi connectivity index (χ1n) is 5.21. The molecule has 0 saturated carbocycles. The third-order valence-electron chi connectivity index (χ3n) is 2.37. The van der Waals surface area contributed by atoms with E-state index in [1.165, 1.54) is 0 Å². The van der Waals surface area contributed by atoms with Crippen molar-refractivity contribution >= 4 is 11.8 Å². The fourth-order valence-electron chi connectivity index (χ4n) is 1.42. The Balaban J connectivity index is 3.99. The van der Waals surface area contributed by atoms with Crippen LogP contribution in [0.4, 0.5) is 0 Å². The Hall–Kier alpha value is -0.860. The first-order valence-corrected chi connectivity index (χ1v) is 5.21. The number of hydrogen-bond donors (Lipinski definition) is 1. The molecule has 0 rings (SSSR count). The number of ketones is 1. The van der Waals surface area contributed by atoms with Gasteiger partial charge in [-0.1, -0.05) is 27.2 Å². The maximum Gasteiger partial charge on any atom is 0.310 e. The fraction of sp³-hybridized carbons (Fsp3) is 0.818. The van der Waals surface area contributed by atoms with E-state index in [9.17, 15) is 9.59 Å². The molecule has 0 radical (unpaired) electrons. The zero-order valence-corrected chi connectivity index (χ0v) is 9.25. The lowest BCUT2D eigenvalue weighted by Gasteiger charge is -2.13. The van der Waals surface area contributed by atoms with Gasteiger partial charge in [0.1, 0.15) is 12.2 Å². The van der Waals surface area contributed by atoms with Crippen LogP contribution in [-0.2, 0) is 9.59 Å². The van der Waals surface area contributed by atoms with Gasteiger partial charge in [0.25, 0.3) is 0 Å². The Morgan fingerprint density at radius 2 is 1.79 bits per heavy atom. The molecule has 0 aromatic rings. The normalized spacial score (nSPS) is 12.9. The molecule has 0 saturated heterocycles. The third-order valence-corrected chi connectivity index (χ3v) is 2.37. The molecule has 82 valence electrons. The summed E-state index contributed by atoms with van der Waals surface area (Å²) < 4.78 is 0. The maximum absolute atomic E-state index is 11.4. The molecule has 0 fully saturated rings. The summed E-state index contributed by atoms with van der Waals surface area (Å²) in [5, 5.41) is 8.48. The monoisotopic (exact) mass is 200 g/mol. The minimum absolute atomic E-state index is 0.0616. The van der Waals surface area contributed by atoms with Crippen LogP contribution in [0.15, 0.2) is 0 Å². The van der Waals surface area contributed by atoms with Crippen LogP contribution in [0.25, 0.3) is 0 Å². The van der Waals surface area contributed by atoms with Gasteiger partial charge in [-0.15, -0.1) is 0 Å². The quantitative estimate of drug-likeness (QED) is 0.642. The molecule has 0 unspecified atom stereocenters. The van der Waals surface area contributed by atoms with Crippen molar-refractivity contribution in [2.24, 2.45) is 11.8 Å². The number of carbonyl (C=O) groups is 2. The Kier molecular flexibility index (Phi) is 6.17. The minimum Gasteiger partial charge on any atom is -0.481 e. The summed E-state index contributed by atoms with van der Waals surface area (Å²) in [6, 6.07) is 0. The predicted molar refractivity (Wildman–Crippen MR) is 55.1 cm³/mol. The lowest BCUT2D eigenvalue weighted by atomic mass is 9.91. The zero-order valence-electron chi connectivity index (χ0n) is 9.25. The first-order chi connectivity index (χ1) is 6.47. The van der Waals surface area contributed by atoms with Gasteiger partial charge in [-0.3, -0.25) is 9.59 Å². The van der Waals surface area contributed by atoms with Crippen LogP contribution in [-0.4, -0.2) is 16.9 Å². The van der Waals surface area contributed by atoms with Gasteiger partial charge in [-0.25, -0.2) is 0 Å². The molecule has 3 nitrogen and oxygen atoms in total. The summed E-state index contributed by atoms with van der Waals surface area (Å²) in [7, 11) is 0. The van der Waals surface area contributed by atoms with Gasteiger partial charge in [0, 0.05) is 5.92 Å². The Bertz CT molecular complexity index is 197. The van der Waals surface area contributed by atoms with Crippen LogP contribution in [0.3, 0.4) is 0 Å². The van der Waals surface area contributed by atoms with E-state index in [-0.39, 0.29) is 18.1 Å². The molecule has 0 amide bonds. The molecular weight excluding hydrogens is 180 g/mol. The largest absolute Gasteiger partial charge is 0.481 e. The zero-order chi connectivity index (χ0) is 11.1. The van der Waals surface area contributed by atoms with E-state index in [4.69, 9.17) is 5.11 Å². The lowest BCUT2D eigenvalue weighted by molar-refractivity contribution is -0.141. The molecule has 0 aliphatic heterocycles. The second-order valence-corrected chi connectivity index (χ2v) is 4.11. The molecule has 0 aliphatic carbocycles. The number of Topliss-reactive ketones (excluding diaryl/α,β-unsaturated/α-hetero) is 1. The van der Waals surface area contributed by atoms with Gasteiger partial charge in [0.15, 0.2) is 0 Å². The standard InChI is InChI=1S/C11H20O3/c1-4-9(6-5-8(2)3)10(12)7-11(13)14/h8-9H,4-7H2,1-3H3,(H,13,14)/t9-/m0/s1. The highest BCUT2D eigenvalue weighted by Crippen LogP contribution is 2.17. The molecule has 0 aliphatic rings. The average molecular weight is 200 g/mol. The highest BCUT2D eigenvalue weighted by atomic mass is 16.4. The van der Waals surface area contributed by atoms with Crippen LogP contribution in [0, 0.1) is 11.8 Å². The van der Waals surface area contributed by atoms with Crippen LogP contribution < -0.4 is 0 Å². The SMILES string of the molecule is CC[C@@H](CCC(C)C)C(=O)CC(=O)O. The summed E-state index contributed by atoms with van der Waals surface area (Å²) >= 11 is 0. The van der Waals surface area contributed by atoms with Crippen LogP contribution in [0.2, 0.25) is 0 Å². The lowest BCUT2D eigenvalue weighted by Crippen LogP contribution is -2.18. The number of aliphatic carboxylic acids is 1. The van der Waals surface area contributed by atoms with Gasteiger partial charge in [0.2, 0.25) is 0 Å². The smallest absolute Gasteiger partial charge is 0.310 e. The number of carboxylic acid groups (broad SMARTS) is 1. The molecule has 0 bridgehead atoms. The molecule has 0 aromatic heterocycles. The highest BCUT2D eigenvalue weighted by Gasteiger charge is 2.18. The minimum atomic E-state index is -1.02. The van der Waals surface area contributed by atoms with Gasteiger partial charge < -0.3 is 5.11 Å². The number of hydrogen-bond acceptors (Lipinski definition) is 2. The Morgan fingerprint density at radius 3 is 2.14 bits per heavy atom. The predicted octanol–water partition coefficient (Wildman–Crippen LogP) is 2.49. The van der Waals surface area contributed by atoms with E-state index in [2.05, 4.69) is 13.8 Å². The van der Waals surface area contributed by atoms with Gasteiger partial charge in [0.05, 0.1) is 0 Å². The van der Waals surface area contributed by atoms with E-state index < -0.39 is 5.97 Å². The summed E-state index contributed by atoms with van der Waals surface area (Å²) in [6.45, 7) is 6.15. The molecule has 14 heavy (non-hydrogen) atoms. The first kappa shape index (κ1) is 13.1. The second kappa shape index (κ2) is 6.57. The summed E-state index contributed by atoms with van der Waals surface area (Å²) in [4.78, 5) is 21.8. The van der Waals surface area contributed by atoms with Crippen molar-refractivity contribution < 1.29 is 14.7 Å². The van der Waals surface area contributed by atoms with Crippen molar-refractivity contribution in [1.29, 1.82) is 0 Å². The molecule has 0 heterocycles. The van der Waals surface area contributed by atoms with Gasteiger partial charge in [-0.2, -0.15) is 0 Å². The Labute approximate surface area is 85.5 Å². The van der Waals surface area contributed by atoms with E-state index in [0.717, 1.165) is 19.3 Å². The van der Waals surface area contributed by atoms with Crippen molar-refractivity contribution in [3.8, 4) is 0 Å². The molecule has 1 atom stereocenters. The summed E-state index contributed by atoms with van der Waals surface area (Å²) in [5.41, 5.74) is 0. The fourth-order valence-corrected chi connectivity index (χ4v) is 1.42. The molecular formula is C11H20O3. The number of carbonyl (C=O) groups excluding carboxylic acids is 1. The van der Waals surface area contributed by atoms with Crippen molar-refractivity contribution in [2.45, 2.75) is 46.5 Å². The third kappa shape index (κ3) is 5.73. The van der Waals surface area contributed by atoms with E-state index in [1.807, 2.05) is 6.92 Å². The average Bonchev–Trinajstić information content (AvgIpc) is 2.03. The molecule has 0 aromatic carbocycles. The number of rotatable bonds is 7.